The Bertz CT molecular complexity index is 756. The summed E-state index contributed by atoms with van der Waals surface area (Å²) in [7, 11) is 1.76. The zero-order chi connectivity index (χ0) is 16.4. The SMILES string of the molecule is Cn1ccc(C(=O)N2CCOc3cc(C(=O)NO)ccc3C2)n1. The van der Waals surface area contributed by atoms with Crippen LogP contribution in [0, 0.1) is 0 Å². The number of carbonyl (C=O) groups excluding carboxylic acids is 2. The van der Waals surface area contributed by atoms with Crippen LogP contribution in [0.5, 0.6) is 5.75 Å². The Hall–Kier alpha value is -2.87. The molecule has 1 aliphatic rings. The summed E-state index contributed by atoms with van der Waals surface area (Å²) in [6, 6.07) is 6.51. The van der Waals surface area contributed by atoms with Gasteiger partial charge in [-0.1, -0.05) is 6.07 Å². The molecular weight excluding hydrogens is 300 g/mol. The third-order valence-corrected chi connectivity index (χ3v) is 3.63. The Balaban J connectivity index is 1.83. The second kappa shape index (κ2) is 6.09. The fraction of sp³-hybridized carbons (Fsp3) is 0.267. The Kier molecular flexibility index (Phi) is 3.98. The number of hydrogen-bond acceptors (Lipinski definition) is 5. The molecule has 0 spiro atoms. The van der Waals surface area contributed by atoms with Gasteiger partial charge < -0.3 is 9.64 Å². The van der Waals surface area contributed by atoms with E-state index in [9.17, 15) is 9.59 Å². The Labute approximate surface area is 132 Å². The molecule has 2 aromatic rings. The number of rotatable bonds is 2. The predicted octanol–water partition coefficient (Wildman–Crippen LogP) is 0.574. The molecule has 0 aliphatic carbocycles. The van der Waals surface area contributed by atoms with Gasteiger partial charge in [-0.05, 0) is 18.2 Å². The molecule has 2 N–H and O–H groups in total. The lowest BCUT2D eigenvalue weighted by atomic mass is 10.1. The second-order valence-electron chi connectivity index (χ2n) is 5.21. The van der Waals surface area contributed by atoms with Gasteiger partial charge in [-0.3, -0.25) is 19.5 Å². The van der Waals surface area contributed by atoms with Crippen molar-refractivity contribution in [1.82, 2.24) is 20.2 Å². The van der Waals surface area contributed by atoms with Crippen molar-refractivity contribution in [2.24, 2.45) is 7.05 Å². The van der Waals surface area contributed by atoms with Crippen molar-refractivity contribution in [3.05, 3.63) is 47.3 Å². The molecule has 0 saturated heterocycles. The molecule has 1 aromatic heterocycles. The number of nitrogens with one attached hydrogen (secondary N) is 1. The van der Waals surface area contributed by atoms with Crippen LogP contribution in [0.2, 0.25) is 0 Å². The standard InChI is InChI=1S/C15H16N4O4/c1-18-5-4-12(16-18)15(21)19-6-7-23-13-8-10(14(20)17-22)2-3-11(13)9-19/h2-5,8,22H,6-7,9H2,1H3,(H,17,20). The first-order chi connectivity index (χ1) is 11.1. The summed E-state index contributed by atoms with van der Waals surface area (Å²) in [6.07, 6.45) is 1.72. The molecule has 1 aromatic carbocycles. The molecule has 0 saturated carbocycles. The van der Waals surface area contributed by atoms with Gasteiger partial charge >= 0.3 is 0 Å². The average molecular weight is 316 g/mol. The lowest BCUT2D eigenvalue weighted by molar-refractivity contribution is 0.0705. The molecule has 1 aliphatic heterocycles. The van der Waals surface area contributed by atoms with E-state index in [4.69, 9.17) is 9.94 Å². The minimum absolute atomic E-state index is 0.167. The van der Waals surface area contributed by atoms with Gasteiger partial charge in [0, 0.05) is 30.9 Å². The summed E-state index contributed by atoms with van der Waals surface area (Å²) in [5.74, 6) is -0.247. The summed E-state index contributed by atoms with van der Waals surface area (Å²) < 4.78 is 7.20. The van der Waals surface area contributed by atoms with E-state index < -0.39 is 5.91 Å². The van der Waals surface area contributed by atoms with E-state index in [1.54, 1.807) is 52.6 Å². The molecule has 0 unspecified atom stereocenters. The van der Waals surface area contributed by atoms with Crippen LogP contribution in [-0.2, 0) is 13.6 Å². The number of nitrogens with zero attached hydrogens (tertiary/aromatic N) is 3. The van der Waals surface area contributed by atoms with Crippen molar-refractivity contribution in [3.63, 3.8) is 0 Å². The Morgan fingerprint density at radius 3 is 2.87 bits per heavy atom. The molecule has 0 bridgehead atoms. The van der Waals surface area contributed by atoms with Crippen LogP contribution in [0.1, 0.15) is 26.4 Å². The first-order valence-electron chi connectivity index (χ1n) is 7.07. The molecular formula is C15H16N4O4. The summed E-state index contributed by atoms with van der Waals surface area (Å²) in [5.41, 5.74) is 3.05. The number of aromatic nitrogens is 2. The van der Waals surface area contributed by atoms with Crippen LogP contribution >= 0.6 is 0 Å². The number of hydrogen-bond donors (Lipinski definition) is 2. The second-order valence-corrected chi connectivity index (χ2v) is 5.21. The maximum absolute atomic E-state index is 12.5. The van der Waals surface area contributed by atoms with E-state index >= 15 is 0 Å². The first-order valence-corrected chi connectivity index (χ1v) is 7.07. The minimum Gasteiger partial charge on any atom is -0.491 e. The lowest BCUT2D eigenvalue weighted by Crippen LogP contribution is -2.32. The Morgan fingerprint density at radius 2 is 2.17 bits per heavy atom. The maximum atomic E-state index is 12.5. The van der Waals surface area contributed by atoms with Crippen molar-refractivity contribution in [1.29, 1.82) is 0 Å². The van der Waals surface area contributed by atoms with Crippen LogP contribution in [-0.4, -0.2) is 44.9 Å². The third kappa shape index (κ3) is 3.02. The zero-order valence-electron chi connectivity index (χ0n) is 12.5. The zero-order valence-corrected chi connectivity index (χ0v) is 12.5. The number of hydroxylamine groups is 1. The lowest BCUT2D eigenvalue weighted by Gasteiger charge is -2.18. The predicted molar refractivity (Wildman–Crippen MR) is 79.1 cm³/mol. The van der Waals surface area contributed by atoms with E-state index in [0.29, 0.717) is 31.1 Å². The maximum Gasteiger partial charge on any atom is 0.274 e. The van der Waals surface area contributed by atoms with Crippen LogP contribution < -0.4 is 10.2 Å². The average Bonchev–Trinajstić information content (AvgIpc) is 2.88. The van der Waals surface area contributed by atoms with E-state index in [0.717, 1.165) is 5.56 Å². The summed E-state index contributed by atoms with van der Waals surface area (Å²) in [5, 5.41) is 12.8. The highest BCUT2D eigenvalue weighted by molar-refractivity contribution is 5.94. The van der Waals surface area contributed by atoms with E-state index in [2.05, 4.69) is 5.10 Å². The molecule has 2 heterocycles. The van der Waals surface area contributed by atoms with Crippen LogP contribution in [0.15, 0.2) is 30.5 Å². The van der Waals surface area contributed by atoms with Crippen molar-refractivity contribution >= 4 is 11.8 Å². The van der Waals surface area contributed by atoms with Gasteiger partial charge in [-0.25, -0.2) is 5.48 Å². The summed E-state index contributed by atoms with van der Waals surface area (Å²) in [6.45, 7) is 1.10. The van der Waals surface area contributed by atoms with Crippen LogP contribution in [0.25, 0.3) is 0 Å². The van der Waals surface area contributed by atoms with Gasteiger partial charge in [0.1, 0.15) is 18.1 Å². The molecule has 0 fully saturated rings. The van der Waals surface area contributed by atoms with Gasteiger partial charge in [0.25, 0.3) is 11.8 Å². The van der Waals surface area contributed by atoms with Crippen molar-refractivity contribution in [3.8, 4) is 5.75 Å². The normalized spacial score (nSPS) is 13.7. The highest BCUT2D eigenvalue weighted by Crippen LogP contribution is 2.25. The van der Waals surface area contributed by atoms with Gasteiger partial charge in [-0.15, -0.1) is 0 Å². The van der Waals surface area contributed by atoms with Gasteiger partial charge in [-0.2, -0.15) is 5.10 Å². The molecule has 8 nitrogen and oxygen atoms in total. The minimum atomic E-state index is -0.609. The van der Waals surface area contributed by atoms with Crippen molar-refractivity contribution in [2.45, 2.75) is 6.54 Å². The molecule has 3 rings (SSSR count). The van der Waals surface area contributed by atoms with Gasteiger partial charge in [0.15, 0.2) is 0 Å². The van der Waals surface area contributed by atoms with E-state index in [1.807, 2.05) is 0 Å². The van der Waals surface area contributed by atoms with E-state index in [-0.39, 0.29) is 11.5 Å². The molecule has 8 heteroatoms. The largest absolute Gasteiger partial charge is 0.491 e. The Morgan fingerprint density at radius 1 is 1.35 bits per heavy atom. The highest BCUT2D eigenvalue weighted by Gasteiger charge is 2.23. The number of benzene rings is 1. The monoisotopic (exact) mass is 316 g/mol. The summed E-state index contributed by atoms with van der Waals surface area (Å²) >= 11 is 0. The summed E-state index contributed by atoms with van der Waals surface area (Å²) in [4.78, 5) is 25.6. The number of fused-ring (bicyclic) bond motifs is 1. The van der Waals surface area contributed by atoms with Gasteiger partial charge in [0.2, 0.25) is 0 Å². The quantitative estimate of drug-likeness (QED) is 0.624. The van der Waals surface area contributed by atoms with Crippen molar-refractivity contribution < 1.29 is 19.5 Å². The molecule has 23 heavy (non-hydrogen) atoms. The highest BCUT2D eigenvalue weighted by atomic mass is 16.5. The fourth-order valence-electron chi connectivity index (χ4n) is 2.44. The van der Waals surface area contributed by atoms with Crippen LogP contribution in [0.3, 0.4) is 0 Å². The number of amides is 2. The number of carbonyl (C=O) groups is 2. The van der Waals surface area contributed by atoms with Gasteiger partial charge in [0.05, 0.1) is 6.54 Å². The molecule has 0 atom stereocenters. The topological polar surface area (TPSA) is 96.7 Å². The third-order valence-electron chi connectivity index (χ3n) is 3.63. The number of ether oxygens (including phenoxy) is 1. The van der Waals surface area contributed by atoms with Crippen LogP contribution in [0.4, 0.5) is 0 Å². The molecule has 0 radical (unpaired) electrons. The fourth-order valence-corrected chi connectivity index (χ4v) is 2.44. The molecule has 120 valence electrons. The first kappa shape index (κ1) is 15.0. The molecule has 2 amide bonds. The smallest absolute Gasteiger partial charge is 0.274 e. The van der Waals surface area contributed by atoms with Crippen molar-refractivity contribution in [2.75, 3.05) is 13.2 Å². The number of aryl methyl sites for hydroxylation is 1. The van der Waals surface area contributed by atoms with E-state index in [1.165, 1.54) is 0 Å².